The molecular formula is C13H17BrFNS. The third-order valence-electron chi connectivity index (χ3n) is 3.40. The summed E-state index contributed by atoms with van der Waals surface area (Å²) in [5, 5.41) is 0.669. The summed E-state index contributed by atoms with van der Waals surface area (Å²) in [5.74, 6) is 1.00. The first-order chi connectivity index (χ1) is 8.08. The molecule has 1 saturated heterocycles. The summed E-state index contributed by atoms with van der Waals surface area (Å²) in [6.45, 7) is 6.56. The van der Waals surface area contributed by atoms with E-state index in [4.69, 9.17) is 0 Å². The fourth-order valence-electron chi connectivity index (χ4n) is 2.09. The number of nitrogens with zero attached hydrogens (tertiary/aromatic N) is 1. The molecule has 0 aromatic heterocycles. The quantitative estimate of drug-likeness (QED) is 0.813. The molecule has 0 N–H and O–H groups in total. The normalized spacial score (nSPS) is 26.1. The van der Waals surface area contributed by atoms with E-state index in [0.29, 0.717) is 11.3 Å². The number of hydrogen-bond acceptors (Lipinski definition) is 2. The smallest absolute Gasteiger partial charge is 0.124 e. The van der Waals surface area contributed by atoms with Crippen molar-refractivity contribution >= 4 is 27.7 Å². The van der Waals surface area contributed by atoms with E-state index in [1.54, 1.807) is 6.07 Å². The maximum Gasteiger partial charge on any atom is 0.124 e. The molecule has 1 aliphatic heterocycles. The van der Waals surface area contributed by atoms with E-state index in [0.717, 1.165) is 23.1 Å². The highest BCUT2D eigenvalue weighted by Gasteiger charge is 2.25. The lowest BCUT2D eigenvalue weighted by atomic mass is 10.1. The van der Waals surface area contributed by atoms with Crippen LogP contribution in [0.1, 0.15) is 19.4 Å². The summed E-state index contributed by atoms with van der Waals surface area (Å²) in [5.41, 5.74) is 1.16. The molecule has 0 radical (unpaired) electrons. The van der Waals surface area contributed by atoms with Crippen molar-refractivity contribution in [1.82, 2.24) is 4.90 Å². The minimum Gasteiger partial charge on any atom is -0.294 e. The topological polar surface area (TPSA) is 3.24 Å². The van der Waals surface area contributed by atoms with Crippen LogP contribution in [0.25, 0.3) is 0 Å². The van der Waals surface area contributed by atoms with Crippen molar-refractivity contribution in [2.75, 3.05) is 12.3 Å². The minimum absolute atomic E-state index is 0.184. The Morgan fingerprint density at radius 2 is 2.24 bits per heavy atom. The van der Waals surface area contributed by atoms with Crippen molar-refractivity contribution in [2.45, 2.75) is 31.7 Å². The largest absolute Gasteiger partial charge is 0.294 e. The molecule has 1 heterocycles. The van der Waals surface area contributed by atoms with Crippen LogP contribution in [-0.4, -0.2) is 28.5 Å². The van der Waals surface area contributed by atoms with Gasteiger partial charge in [0.1, 0.15) is 5.82 Å². The number of rotatable bonds is 2. The SMILES string of the molecule is CC1SCCN(Cc2ccc(F)cc2Br)C1C. The van der Waals surface area contributed by atoms with E-state index in [1.165, 1.54) is 11.8 Å². The second-order valence-corrected chi connectivity index (χ2v) is 6.86. The van der Waals surface area contributed by atoms with Crippen LogP contribution in [0, 0.1) is 5.82 Å². The van der Waals surface area contributed by atoms with Gasteiger partial charge in [0.25, 0.3) is 0 Å². The third kappa shape index (κ3) is 3.24. The van der Waals surface area contributed by atoms with Crippen LogP contribution in [0.15, 0.2) is 22.7 Å². The summed E-state index contributed by atoms with van der Waals surface area (Å²) in [6.07, 6.45) is 0. The van der Waals surface area contributed by atoms with Crippen molar-refractivity contribution in [3.63, 3.8) is 0 Å². The summed E-state index contributed by atoms with van der Waals surface area (Å²) in [7, 11) is 0. The van der Waals surface area contributed by atoms with Crippen molar-refractivity contribution in [3.05, 3.63) is 34.1 Å². The van der Waals surface area contributed by atoms with Crippen LogP contribution in [0.3, 0.4) is 0 Å². The van der Waals surface area contributed by atoms with Gasteiger partial charge in [-0.3, -0.25) is 4.90 Å². The molecule has 0 spiro atoms. The molecule has 0 amide bonds. The Hall–Kier alpha value is -0.0600. The highest BCUT2D eigenvalue weighted by atomic mass is 79.9. The van der Waals surface area contributed by atoms with Crippen molar-refractivity contribution in [2.24, 2.45) is 0 Å². The van der Waals surface area contributed by atoms with Gasteiger partial charge in [-0.2, -0.15) is 11.8 Å². The van der Waals surface area contributed by atoms with E-state index >= 15 is 0 Å². The molecule has 1 nitrogen and oxygen atoms in total. The van der Waals surface area contributed by atoms with E-state index < -0.39 is 0 Å². The molecule has 4 heteroatoms. The summed E-state index contributed by atoms with van der Waals surface area (Å²) < 4.78 is 13.9. The van der Waals surface area contributed by atoms with Crippen molar-refractivity contribution in [3.8, 4) is 0 Å². The van der Waals surface area contributed by atoms with Crippen LogP contribution in [0.2, 0.25) is 0 Å². The third-order valence-corrected chi connectivity index (χ3v) is 5.48. The first-order valence-electron chi connectivity index (χ1n) is 5.87. The number of halogens is 2. The Kier molecular flexibility index (Phi) is 4.50. The second-order valence-electron chi connectivity index (χ2n) is 4.52. The second kappa shape index (κ2) is 5.72. The first kappa shape index (κ1) is 13.4. The standard InChI is InChI=1S/C13H17BrFNS/c1-9-10(2)17-6-5-16(9)8-11-3-4-12(15)7-13(11)14/h3-4,7,9-10H,5-6,8H2,1-2H3. The molecule has 17 heavy (non-hydrogen) atoms. The summed E-state index contributed by atoms with van der Waals surface area (Å²) in [6, 6.07) is 5.53. The van der Waals surface area contributed by atoms with Crippen LogP contribution < -0.4 is 0 Å². The van der Waals surface area contributed by atoms with Gasteiger partial charge in [-0.05, 0) is 24.6 Å². The fourth-order valence-corrected chi connectivity index (χ4v) is 3.73. The lowest BCUT2D eigenvalue weighted by Crippen LogP contribution is -2.44. The van der Waals surface area contributed by atoms with E-state index in [9.17, 15) is 4.39 Å². The molecule has 0 aliphatic carbocycles. The Morgan fingerprint density at radius 1 is 1.47 bits per heavy atom. The minimum atomic E-state index is -0.184. The van der Waals surface area contributed by atoms with Gasteiger partial charge in [-0.15, -0.1) is 0 Å². The van der Waals surface area contributed by atoms with Gasteiger partial charge in [0, 0.05) is 34.6 Å². The predicted octanol–water partition coefficient (Wildman–Crippen LogP) is 3.91. The molecule has 1 aliphatic rings. The van der Waals surface area contributed by atoms with Gasteiger partial charge < -0.3 is 0 Å². The van der Waals surface area contributed by atoms with Crippen LogP contribution >= 0.6 is 27.7 Å². The Morgan fingerprint density at radius 3 is 2.94 bits per heavy atom. The fraction of sp³-hybridized carbons (Fsp3) is 0.538. The zero-order valence-corrected chi connectivity index (χ0v) is 12.5. The highest BCUT2D eigenvalue weighted by Crippen LogP contribution is 2.27. The zero-order chi connectivity index (χ0) is 12.4. The molecule has 1 fully saturated rings. The maximum atomic E-state index is 13.0. The highest BCUT2D eigenvalue weighted by molar-refractivity contribution is 9.10. The Bertz CT molecular complexity index is 399. The monoisotopic (exact) mass is 317 g/mol. The number of hydrogen-bond donors (Lipinski definition) is 0. The zero-order valence-electron chi connectivity index (χ0n) is 10.1. The van der Waals surface area contributed by atoms with Gasteiger partial charge >= 0.3 is 0 Å². The number of thioether (sulfide) groups is 1. The van der Waals surface area contributed by atoms with Crippen molar-refractivity contribution < 1.29 is 4.39 Å². The first-order valence-corrected chi connectivity index (χ1v) is 7.71. The molecule has 2 rings (SSSR count). The predicted molar refractivity (Wildman–Crippen MR) is 75.9 cm³/mol. The molecule has 94 valence electrons. The lowest BCUT2D eigenvalue weighted by molar-refractivity contribution is 0.204. The van der Waals surface area contributed by atoms with Crippen LogP contribution in [0.5, 0.6) is 0 Å². The molecule has 1 aromatic rings. The van der Waals surface area contributed by atoms with Gasteiger partial charge in [0.05, 0.1) is 0 Å². The van der Waals surface area contributed by atoms with Gasteiger partial charge in [-0.25, -0.2) is 4.39 Å². The molecule has 1 aromatic carbocycles. The van der Waals surface area contributed by atoms with E-state index in [-0.39, 0.29) is 5.82 Å². The van der Waals surface area contributed by atoms with Crippen LogP contribution in [0.4, 0.5) is 4.39 Å². The molecular weight excluding hydrogens is 301 g/mol. The number of benzene rings is 1. The Labute approximate surface area is 115 Å². The van der Waals surface area contributed by atoms with Crippen molar-refractivity contribution in [1.29, 1.82) is 0 Å². The average molecular weight is 318 g/mol. The molecule has 2 atom stereocenters. The van der Waals surface area contributed by atoms with Crippen LogP contribution in [-0.2, 0) is 6.54 Å². The molecule has 0 bridgehead atoms. The average Bonchev–Trinajstić information content (AvgIpc) is 2.28. The molecule has 2 unspecified atom stereocenters. The van der Waals surface area contributed by atoms with Gasteiger partial charge in [-0.1, -0.05) is 28.9 Å². The lowest BCUT2D eigenvalue weighted by Gasteiger charge is -2.37. The van der Waals surface area contributed by atoms with Gasteiger partial charge in [0.15, 0.2) is 0 Å². The maximum absolute atomic E-state index is 13.0. The van der Waals surface area contributed by atoms with E-state index in [1.807, 2.05) is 17.8 Å². The van der Waals surface area contributed by atoms with Gasteiger partial charge in [0.2, 0.25) is 0 Å². The molecule has 0 saturated carbocycles. The Balaban J connectivity index is 2.09. The summed E-state index contributed by atoms with van der Waals surface area (Å²) >= 11 is 5.47. The van der Waals surface area contributed by atoms with E-state index in [2.05, 4.69) is 34.7 Å². The summed E-state index contributed by atoms with van der Waals surface area (Å²) in [4.78, 5) is 2.47.